The van der Waals surface area contributed by atoms with Crippen molar-refractivity contribution in [3.05, 3.63) is 18.2 Å². The Bertz CT molecular complexity index is 442. The van der Waals surface area contributed by atoms with Crippen molar-refractivity contribution in [3.63, 3.8) is 0 Å². The van der Waals surface area contributed by atoms with E-state index in [1.807, 2.05) is 32.0 Å². The second-order valence-electron chi connectivity index (χ2n) is 6.36. The number of hydrogen-bond acceptors (Lipinski definition) is 4. The maximum absolute atomic E-state index is 5.96. The van der Waals surface area contributed by atoms with Crippen molar-refractivity contribution >= 4 is 11.4 Å². The quantitative estimate of drug-likeness (QED) is 0.789. The average molecular weight is 291 g/mol. The monoisotopic (exact) mass is 291 g/mol. The molecule has 2 rings (SSSR count). The van der Waals surface area contributed by atoms with Gasteiger partial charge in [0.2, 0.25) is 0 Å². The van der Waals surface area contributed by atoms with Crippen LogP contribution in [0.3, 0.4) is 0 Å². The fraction of sp³-hybridized carbons (Fsp3) is 0.647. The number of piperidine rings is 1. The number of anilines is 2. The van der Waals surface area contributed by atoms with Crippen LogP contribution in [0, 0.1) is 0 Å². The minimum absolute atomic E-state index is 0.158. The molecule has 21 heavy (non-hydrogen) atoms. The van der Waals surface area contributed by atoms with Gasteiger partial charge in [0.05, 0.1) is 6.10 Å². The predicted octanol–water partition coefficient (Wildman–Crippen LogP) is 3.34. The van der Waals surface area contributed by atoms with Crippen molar-refractivity contribution in [1.82, 2.24) is 4.90 Å². The molecule has 1 aromatic rings. The van der Waals surface area contributed by atoms with Crippen LogP contribution < -0.4 is 15.8 Å². The van der Waals surface area contributed by atoms with E-state index in [-0.39, 0.29) is 6.10 Å². The Morgan fingerprint density at radius 3 is 2.52 bits per heavy atom. The zero-order chi connectivity index (χ0) is 15.2. The summed E-state index contributed by atoms with van der Waals surface area (Å²) in [7, 11) is 0. The first-order chi connectivity index (χ1) is 10.0. The lowest BCUT2D eigenvalue weighted by Gasteiger charge is -2.29. The Morgan fingerprint density at radius 1 is 1.14 bits per heavy atom. The first-order valence-corrected chi connectivity index (χ1v) is 8.09. The van der Waals surface area contributed by atoms with Gasteiger partial charge in [-0.3, -0.25) is 0 Å². The maximum Gasteiger partial charge on any atom is 0.123 e. The van der Waals surface area contributed by atoms with Gasteiger partial charge < -0.3 is 20.7 Å². The van der Waals surface area contributed by atoms with E-state index in [9.17, 15) is 0 Å². The lowest BCUT2D eigenvalue weighted by molar-refractivity contribution is 0.223. The van der Waals surface area contributed by atoms with Gasteiger partial charge >= 0.3 is 0 Å². The summed E-state index contributed by atoms with van der Waals surface area (Å²) in [4.78, 5) is 2.54. The van der Waals surface area contributed by atoms with Crippen LogP contribution in [0.15, 0.2) is 18.2 Å². The highest BCUT2D eigenvalue weighted by molar-refractivity contribution is 5.59. The van der Waals surface area contributed by atoms with E-state index in [0.717, 1.165) is 23.7 Å². The van der Waals surface area contributed by atoms with Crippen molar-refractivity contribution in [1.29, 1.82) is 0 Å². The van der Waals surface area contributed by atoms with Crippen molar-refractivity contribution in [2.75, 3.05) is 30.7 Å². The maximum atomic E-state index is 5.96. The van der Waals surface area contributed by atoms with Gasteiger partial charge in [0, 0.05) is 36.1 Å². The molecule has 1 aliphatic heterocycles. The fourth-order valence-corrected chi connectivity index (χ4v) is 2.91. The predicted molar refractivity (Wildman–Crippen MR) is 90.0 cm³/mol. The molecular formula is C17H29N3O. The van der Waals surface area contributed by atoms with Crippen molar-refractivity contribution in [3.8, 4) is 5.75 Å². The molecule has 1 aliphatic rings. The summed E-state index contributed by atoms with van der Waals surface area (Å²) in [6.07, 6.45) is 4.20. The third kappa shape index (κ3) is 5.46. The molecule has 0 amide bonds. The topological polar surface area (TPSA) is 50.5 Å². The smallest absolute Gasteiger partial charge is 0.123 e. The minimum Gasteiger partial charge on any atom is -0.491 e. The van der Waals surface area contributed by atoms with Crippen LogP contribution in [0.2, 0.25) is 0 Å². The van der Waals surface area contributed by atoms with E-state index >= 15 is 0 Å². The SMILES string of the molecule is CC(CN1CCCCC1)Nc1cc(N)cc(OC(C)C)c1. The van der Waals surface area contributed by atoms with Crippen LogP contribution in [0.4, 0.5) is 11.4 Å². The van der Waals surface area contributed by atoms with E-state index in [1.165, 1.54) is 32.4 Å². The van der Waals surface area contributed by atoms with Crippen molar-refractivity contribution in [2.45, 2.75) is 52.2 Å². The molecule has 4 heteroatoms. The van der Waals surface area contributed by atoms with Gasteiger partial charge in [0.25, 0.3) is 0 Å². The van der Waals surface area contributed by atoms with Gasteiger partial charge in [-0.05, 0) is 52.8 Å². The van der Waals surface area contributed by atoms with Gasteiger partial charge in [-0.1, -0.05) is 6.42 Å². The largest absolute Gasteiger partial charge is 0.491 e. The first-order valence-electron chi connectivity index (χ1n) is 8.09. The lowest BCUT2D eigenvalue weighted by Crippen LogP contribution is -2.38. The molecule has 118 valence electrons. The number of ether oxygens (including phenoxy) is 1. The summed E-state index contributed by atoms with van der Waals surface area (Å²) in [5.41, 5.74) is 7.74. The number of nitrogens with one attached hydrogen (secondary N) is 1. The number of nitrogens with zero attached hydrogens (tertiary/aromatic N) is 1. The second kappa shape index (κ2) is 7.55. The van der Waals surface area contributed by atoms with Crippen molar-refractivity contribution < 1.29 is 4.74 Å². The summed E-state index contributed by atoms with van der Waals surface area (Å²) in [6.45, 7) is 9.80. The molecule has 1 atom stereocenters. The second-order valence-corrected chi connectivity index (χ2v) is 6.36. The van der Waals surface area contributed by atoms with E-state index < -0.39 is 0 Å². The highest BCUT2D eigenvalue weighted by atomic mass is 16.5. The Morgan fingerprint density at radius 2 is 1.86 bits per heavy atom. The normalized spacial score (nSPS) is 17.7. The van der Waals surface area contributed by atoms with Crippen LogP contribution in [0.5, 0.6) is 5.75 Å². The molecule has 4 nitrogen and oxygen atoms in total. The molecule has 1 heterocycles. The van der Waals surface area contributed by atoms with Crippen LogP contribution in [-0.2, 0) is 0 Å². The highest BCUT2D eigenvalue weighted by Crippen LogP contribution is 2.24. The van der Waals surface area contributed by atoms with Gasteiger partial charge in [0.1, 0.15) is 5.75 Å². The molecule has 0 spiro atoms. The van der Waals surface area contributed by atoms with Crippen LogP contribution >= 0.6 is 0 Å². The molecule has 1 aromatic carbocycles. The third-order valence-corrected chi connectivity index (χ3v) is 3.69. The Balaban J connectivity index is 1.92. The lowest BCUT2D eigenvalue weighted by atomic mass is 10.1. The number of likely N-dealkylation sites (tertiary alicyclic amines) is 1. The summed E-state index contributed by atoms with van der Waals surface area (Å²) < 4.78 is 5.74. The van der Waals surface area contributed by atoms with Gasteiger partial charge in [0.15, 0.2) is 0 Å². The molecular weight excluding hydrogens is 262 g/mol. The fourth-order valence-electron chi connectivity index (χ4n) is 2.91. The Kier molecular flexibility index (Phi) is 5.74. The number of benzene rings is 1. The first kappa shape index (κ1) is 16.0. The average Bonchev–Trinajstić information content (AvgIpc) is 2.37. The van der Waals surface area contributed by atoms with Crippen LogP contribution in [0.1, 0.15) is 40.0 Å². The number of nitrogen functional groups attached to an aromatic ring is 1. The molecule has 0 radical (unpaired) electrons. The highest BCUT2D eigenvalue weighted by Gasteiger charge is 2.13. The van der Waals surface area contributed by atoms with Gasteiger partial charge in [-0.25, -0.2) is 0 Å². The van der Waals surface area contributed by atoms with E-state index in [2.05, 4.69) is 17.1 Å². The minimum atomic E-state index is 0.158. The molecule has 1 fully saturated rings. The molecule has 0 bridgehead atoms. The van der Waals surface area contributed by atoms with Crippen LogP contribution in [0.25, 0.3) is 0 Å². The zero-order valence-electron chi connectivity index (χ0n) is 13.6. The molecule has 0 aliphatic carbocycles. The van der Waals surface area contributed by atoms with Crippen molar-refractivity contribution in [2.24, 2.45) is 0 Å². The molecule has 1 unspecified atom stereocenters. The van der Waals surface area contributed by atoms with E-state index in [0.29, 0.717) is 6.04 Å². The third-order valence-electron chi connectivity index (χ3n) is 3.69. The van der Waals surface area contributed by atoms with E-state index in [4.69, 9.17) is 10.5 Å². The molecule has 0 saturated carbocycles. The summed E-state index contributed by atoms with van der Waals surface area (Å²) >= 11 is 0. The Labute approximate surface area is 128 Å². The Hall–Kier alpha value is -1.42. The number of nitrogens with two attached hydrogens (primary N) is 1. The molecule has 0 aromatic heterocycles. The van der Waals surface area contributed by atoms with Crippen LogP contribution in [-0.4, -0.2) is 36.7 Å². The van der Waals surface area contributed by atoms with E-state index in [1.54, 1.807) is 0 Å². The summed E-state index contributed by atoms with van der Waals surface area (Å²) in [5, 5.41) is 3.54. The molecule has 1 saturated heterocycles. The molecule has 3 N–H and O–H groups in total. The number of rotatable bonds is 6. The summed E-state index contributed by atoms with van der Waals surface area (Å²) in [5.74, 6) is 0.831. The zero-order valence-corrected chi connectivity index (χ0v) is 13.6. The van der Waals surface area contributed by atoms with Gasteiger partial charge in [-0.2, -0.15) is 0 Å². The number of hydrogen-bond donors (Lipinski definition) is 2. The summed E-state index contributed by atoms with van der Waals surface area (Å²) in [6, 6.07) is 6.28. The standard InChI is InChI=1S/C17H29N3O/c1-13(2)21-17-10-15(18)9-16(11-17)19-14(3)12-20-7-5-4-6-8-20/h9-11,13-14,19H,4-8,12,18H2,1-3H3. The van der Waals surface area contributed by atoms with Gasteiger partial charge in [-0.15, -0.1) is 0 Å².